The zero-order valence-corrected chi connectivity index (χ0v) is 9.96. The fraction of sp³-hybridized carbons (Fsp3) is 0.923. The van der Waals surface area contributed by atoms with E-state index < -0.39 is 0 Å². The van der Waals surface area contributed by atoms with Gasteiger partial charge in [-0.25, -0.2) is 0 Å². The van der Waals surface area contributed by atoms with Crippen LogP contribution >= 0.6 is 0 Å². The second-order valence-corrected chi connectivity index (χ2v) is 5.48. The van der Waals surface area contributed by atoms with Gasteiger partial charge in [0.1, 0.15) is 0 Å². The van der Waals surface area contributed by atoms with E-state index in [9.17, 15) is 0 Å². The summed E-state index contributed by atoms with van der Waals surface area (Å²) in [7, 11) is 0. The van der Waals surface area contributed by atoms with Crippen LogP contribution in [0.2, 0.25) is 0 Å². The molecule has 0 amide bonds. The quantitative estimate of drug-likeness (QED) is 0.636. The number of aliphatic imine (C=N–C) groups is 1. The van der Waals surface area contributed by atoms with Crippen molar-refractivity contribution in [2.45, 2.75) is 53.0 Å². The molecule has 0 bridgehead atoms. The lowest BCUT2D eigenvalue weighted by Gasteiger charge is -2.16. The minimum Gasteiger partial charge on any atom is -0.294 e. The molecule has 1 heteroatoms. The maximum absolute atomic E-state index is 4.71. The van der Waals surface area contributed by atoms with E-state index in [1.807, 2.05) is 0 Å². The first-order chi connectivity index (χ1) is 6.63. The molecule has 14 heavy (non-hydrogen) atoms. The lowest BCUT2D eigenvalue weighted by Crippen LogP contribution is -2.16. The van der Waals surface area contributed by atoms with Gasteiger partial charge in [-0.3, -0.25) is 4.99 Å². The highest BCUT2D eigenvalue weighted by molar-refractivity contribution is 5.72. The fourth-order valence-electron chi connectivity index (χ4n) is 3.63. The Bertz CT molecular complexity index is 244. The largest absolute Gasteiger partial charge is 0.294 e. The van der Waals surface area contributed by atoms with E-state index >= 15 is 0 Å². The molecule has 0 aromatic heterocycles. The van der Waals surface area contributed by atoms with Crippen LogP contribution in [0.3, 0.4) is 0 Å². The summed E-state index contributed by atoms with van der Waals surface area (Å²) < 4.78 is 0. The molecular weight excluding hydrogens is 170 g/mol. The van der Waals surface area contributed by atoms with Crippen LogP contribution in [0.5, 0.6) is 0 Å². The van der Waals surface area contributed by atoms with Crippen molar-refractivity contribution >= 4 is 6.21 Å². The third kappa shape index (κ3) is 1.24. The predicted molar refractivity (Wildman–Crippen MR) is 61.7 cm³/mol. The van der Waals surface area contributed by atoms with Crippen molar-refractivity contribution in [2.75, 3.05) is 0 Å². The maximum Gasteiger partial charge on any atom is 0.0467 e. The average molecular weight is 193 g/mol. The molecule has 0 N–H and O–H groups in total. The maximum atomic E-state index is 4.71. The van der Waals surface area contributed by atoms with Gasteiger partial charge in [0.15, 0.2) is 0 Å². The molecular formula is C13H23N. The Labute approximate surface area is 88.0 Å². The van der Waals surface area contributed by atoms with Crippen LogP contribution < -0.4 is 0 Å². The molecule has 1 fully saturated rings. The van der Waals surface area contributed by atoms with Gasteiger partial charge in [0.25, 0.3) is 0 Å². The molecule has 80 valence electrons. The highest BCUT2D eigenvalue weighted by atomic mass is 14.8. The van der Waals surface area contributed by atoms with Gasteiger partial charge in [-0.05, 0) is 37.5 Å². The number of hydrogen-bond acceptors (Lipinski definition) is 1. The molecule has 3 unspecified atom stereocenters. The van der Waals surface area contributed by atoms with E-state index in [4.69, 9.17) is 4.99 Å². The zero-order valence-electron chi connectivity index (χ0n) is 9.96. The first-order valence-corrected chi connectivity index (χ1v) is 6.17. The van der Waals surface area contributed by atoms with Gasteiger partial charge in [0.2, 0.25) is 0 Å². The third-order valence-corrected chi connectivity index (χ3v) is 4.55. The summed E-state index contributed by atoms with van der Waals surface area (Å²) in [5, 5.41) is 0. The van der Waals surface area contributed by atoms with E-state index in [2.05, 4.69) is 33.9 Å². The van der Waals surface area contributed by atoms with Crippen molar-refractivity contribution in [3.8, 4) is 0 Å². The summed E-state index contributed by atoms with van der Waals surface area (Å²) in [6.45, 7) is 9.31. The molecule has 1 aliphatic carbocycles. The Balaban J connectivity index is 2.22. The van der Waals surface area contributed by atoms with Crippen LogP contribution in [0.25, 0.3) is 0 Å². The van der Waals surface area contributed by atoms with E-state index in [1.165, 1.54) is 19.3 Å². The van der Waals surface area contributed by atoms with E-state index in [-0.39, 0.29) is 0 Å². The van der Waals surface area contributed by atoms with Crippen molar-refractivity contribution in [3.63, 3.8) is 0 Å². The molecule has 0 saturated heterocycles. The second-order valence-electron chi connectivity index (χ2n) is 5.48. The first-order valence-electron chi connectivity index (χ1n) is 6.17. The van der Waals surface area contributed by atoms with E-state index in [1.54, 1.807) is 0 Å². The van der Waals surface area contributed by atoms with Crippen LogP contribution in [0.15, 0.2) is 4.99 Å². The van der Waals surface area contributed by atoms with Crippen molar-refractivity contribution in [2.24, 2.45) is 28.2 Å². The fourth-order valence-corrected chi connectivity index (χ4v) is 3.63. The zero-order chi connectivity index (χ0) is 10.3. The minimum atomic E-state index is 0.486. The number of rotatable bonds is 2. The summed E-state index contributed by atoms with van der Waals surface area (Å²) in [6.07, 6.45) is 6.36. The number of fused-ring (bicyclic) bond motifs is 1. The third-order valence-electron chi connectivity index (χ3n) is 4.55. The molecule has 1 saturated carbocycles. The highest BCUT2D eigenvalue weighted by Crippen LogP contribution is 2.66. The minimum absolute atomic E-state index is 0.486. The van der Waals surface area contributed by atoms with Crippen LogP contribution in [0, 0.1) is 23.2 Å². The van der Waals surface area contributed by atoms with Gasteiger partial charge in [0, 0.05) is 17.7 Å². The van der Waals surface area contributed by atoms with Crippen LogP contribution in [-0.4, -0.2) is 12.3 Å². The van der Waals surface area contributed by atoms with Crippen LogP contribution in [0.4, 0.5) is 0 Å². The number of hydrogen-bond donors (Lipinski definition) is 0. The molecule has 2 aliphatic rings. The SMILES string of the molecule is CCC1[C@@H]2CCC(C)N=CC12C(C)C. The molecule has 1 heterocycles. The van der Waals surface area contributed by atoms with Gasteiger partial charge in [0.05, 0.1) is 0 Å². The lowest BCUT2D eigenvalue weighted by molar-refractivity contribution is 0.418. The summed E-state index contributed by atoms with van der Waals surface area (Å²) in [5.74, 6) is 2.64. The Morgan fingerprint density at radius 3 is 2.71 bits per heavy atom. The monoisotopic (exact) mass is 193 g/mol. The standard InChI is InChI=1S/C13H23N/c1-5-11-12-7-6-10(4)14-8-13(11,12)9(2)3/h8-12H,5-7H2,1-4H3/t10?,11?,12-,13?/m0/s1. The first kappa shape index (κ1) is 10.2. The summed E-state index contributed by atoms with van der Waals surface area (Å²) in [5.41, 5.74) is 0.486. The Morgan fingerprint density at radius 2 is 2.14 bits per heavy atom. The molecule has 0 radical (unpaired) electrons. The van der Waals surface area contributed by atoms with Gasteiger partial charge in [-0.1, -0.05) is 27.2 Å². The predicted octanol–water partition coefficient (Wildman–Crippen LogP) is 3.54. The van der Waals surface area contributed by atoms with Crippen molar-refractivity contribution in [1.82, 2.24) is 0 Å². The van der Waals surface area contributed by atoms with Gasteiger partial charge in [-0.2, -0.15) is 0 Å². The Hall–Kier alpha value is -0.330. The molecule has 4 atom stereocenters. The number of nitrogens with zero attached hydrogens (tertiary/aromatic N) is 1. The summed E-state index contributed by atoms with van der Waals surface area (Å²) >= 11 is 0. The molecule has 0 aromatic carbocycles. The summed E-state index contributed by atoms with van der Waals surface area (Å²) in [6, 6.07) is 0.566. The molecule has 1 nitrogen and oxygen atoms in total. The van der Waals surface area contributed by atoms with Gasteiger partial charge >= 0.3 is 0 Å². The van der Waals surface area contributed by atoms with Crippen molar-refractivity contribution in [1.29, 1.82) is 0 Å². The highest BCUT2D eigenvalue weighted by Gasteiger charge is 2.63. The smallest absolute Gasteiger partial charge is 0.0467 e. The molecule has 2 rings (SSSR count). The molecule has 0 aromatic rings. The van der Waals surface area contributed by atoms with Crippen LogP contribution in [-0.2, 0) is 0 Å². The van der Waals surface area contributed by atoms with Gasteiger partial charge in [-0.15, -0.1) is 0 Å². The van der Waals surface area contributed by atoms with E-state index in [0.717, 1.165) is 17.8 Å². The Morgan fingerprint density at radius 1 is 1.43 bits per heavy atom. The normalized spacial score (nSPS) is 46.2. The lowest BCUT2D eigenvalue weighted by atomic mass is 9.88. The topological polar surface area (TPSA) is 12.4 Å². The average Bonchev–Trinajstić information content (AvgIpc) is 2.80. The van der Waals surface area contributed by atoms with Crippen molar-refractivity contribution in [3.05, 3.63) is 0 Å². The van der Waals surface area contributed by atoms with E-state index in [0.29, 0.717) is 11.5 Å². The van der Waals surface area contributed by atoms with Crippen molar-refractivity contribution < 1.29 is 0 Å². The van der Waals surface area contributed by atoms with Gasteiger partial charge < -0.3 is 0 Å². The molecule has 0 spiro atoms. The second kappa shape index (κ2) is 3.36. The van der Waals surface area contributed by atoms with Crippen LogP contribution in [0.1, 0.15) is 47.0 Å². The Kier molecular flexibility index (Phi) is 2.45. The molecule has 1 aliphatic heterocycles. The summed E-state index contributed by atoms with van der Waals surface area (Å²) in [4.78, 5) is 4.71.